The zero-order valence-corrected chi connectivity index (χ0v) is 12.5. The number of rotatable bonds is 7. The van der Waals surface area contributed by atoms with Gasteiger partial charge in [-0.3, -0.25) is 0 Å². The molecule has 7 heteroatoms. The fourth-order valence-electron chi connectivity index (χ4n) is 2.31. The van der Waals surface area contributed by atoms with Crippen molar-refractivity contribution in [3.63, 3.8) is 0 Å². The van der Waals surface area contributed by atoms with E-state index in [2.05, 4.69) is 5.32 Å². The van der Waals surface area contributed by atoms with Crippen LogP contribution in [-0.2, 0) is 19.6 Å². The van der Waals surface area contributed by atoms with E-state index >= 15 is 0 Å². The molecule has 0 radical (unpaired) electrons. The number of hydrogen-bond donors (Lipinski definition) is 1. The highest BCUT2D eigenvalue weighted by Gasteiger charge is 2.19. The van der Waals surface area contributed by atoms with Crippen LogP contribution in [0.5, 0.6) is 0 Å². The molecular weight excluding hydrogens is 282 g/mol. The first-order valence-corrected chi connectivity index (χ1v) is 8.48. The molecule has 0 bridgehead atoms. The number of allylic oxidation sites excluding steroid dienone is 1. The van der Waals surface area contributed by atoms with E-state index in [1.54, 1.807) is 6.92 Å². The van der Waals surface area contributed by atoms with Crippen LogP contribution in [0.3, 0.4) is 0 Å². The minimum Gasteiger partial charge on any atom is -0.748 e. The number of nitrogens with one attached hydrogen (secondary N) is 1. The fraction of sp³-hybridized carbons (Fsp3) is 0.769. The predicted molar refractivity (Wildman–Crippen MR) is 74.1 cm³/mol. The maximum absolute atomic E-state index is 11.4. The standard InChI is InChI=1S/C13H23NO5S/c1-2-6-13(15)19-12(10-20(16,17)18)9-14-11-7-4-3-5-8-11/h2,6,11-12,14H,3-5,7-10H2,1H3,(H,16,17,18)/p-1/b6-2+. The van der Waals surface area contributed by atoms with Crippen molar-refractivity contribution in [2.24, 2.45) is 0 Å². The molecule has 1 saturated carbocycles. The second-order valence-corrected chi connectivity index (χ2v) is 6.48. The van der Waals surface area contributed by atoms with E-state index in [1.807, 2.05) is 0 Å². The number of carbonyl (C=O) groups is 1. The number of hydrogen-bond acceptors (Lipinski definition) is 6. The molecule has 0 amide bonds. The molecule has 1 N–H and O–H groups in total. The van der Waals surface area contributed by atoms with Crippen LogP contribution in [0.2, 0.25) is 0 Å². The molecule has 0 spiro atoms. The third kappa shape index (κ3) is 7.62. The molecule has 6 nitrogen and oxygen atoms in total. The highest BCUT2D eigenvalue weighted by atomic mass is 32.2. The van der Waals surface area contributed by atoms with Crippen molar-refractivity contribution >= 4 is 16.1 Å². The normalized spacial score (nSPS) is 19.1. The van der Waals surface area contributed by atoms with Gasteiger partial charge in [0.05, 0.1) is 15.9 Å². The lowest BCUT2D eigenvalue weighted by Crippen LogP contribution is -2.41. The van der Waals surface area contributed by atoms with Gasteiger partial charge in [-0.15, -0.1) is 0 Å². The molecule has 1 atom stereocenters. The summed E-state index contributed by atoms with van der Waals surface area (Å²) in [4.78, 5) is 11.4. The van der Waals surface area contributed by atoms with Gasteiger partial charge in [-0.05, 0) is 19.8 Å². The summed E-state index contributed by atoms with van der Waals surface area (Å²) in [5.74, 6) is -1.33. The van der Waals surface area contributed by atoms with Crippen molar-refractivity contribution in [3.05, 3.63) is 12.2 Å². The Morgan fingerprint density at radius 1 is 1.40 bits per heavy atom. The van der Waals surface area contributed by atoms with Crippen LogP contribution in [0.1, 0.15) is 39.0 Å². The Labute approximate surface area is 120 Å². The average Bonchev–Trinajstić information content (AvgIpc) is 2.36. The van der Waals surface area contributed by atoms with Gasteiger partial charge in [0.1, 0.15) is 6.10 Å². The number of esters is 1. The molecule has 1 aliphatic carbocycles. The van der Waals surface area contributed by atoms with Crippen molar-refractivity contribution in [2.75, 3.05) is 12.3 Å². The molecule has 1 rings (SSSR count). The first kappa shape index (κ1) is 17.1. The highest BCUT2D eigenvalue weighted by molar-refractivity contribution is 7.85. The van der Waals surface area contributed by atoms with Crippen molar-refractivity contribution in [1.82, 2.24) is 5.32 Å². The maximum atomic E-state index is 11.4. The molecule has 116 valence electrons. The zero-order chi connectivity index (χ0) is 15.0. The van der Waals surface area contributed by atoms with E-state index in [1.165, 1.54) is 18.6 Å². The average molecular weight is 304 g/mol. The van der Waals surface area contributed by atoms with Crippen molar-refractivity contribution in [2.45, 2.75) is 51.2 Å². The smallest absolute Gasteiger partial charge is 0.330 e. The molecule has 20 heavy (non-hydrogen) atoms. The van der Waals surface area contributed by atoms with Crippen molar-refractivity contribution in [1.29, 1.82) is 0 Å². The zero-order valence-electron chi connectivity index (χ0n) is 11.7. The van der Waals surface area contributed by atoms with Gasteiger partial charge in [-0.25, -0.2) is 13.2 Å². The highest BCUT2D eigenvalue weighted by Crippen LogP contribution is 2.17. The number of ether oxygens (including phenoxy) is 1. The minimum absolute atomic E-state index is 0.190. The monoisotopic (exact) mass is 304 g/mol. The van der Waals surface area contributed by atoms with Crippen molar-refractivity contribution < 1.29 is 22.5 Å². The van der Waals surface area contributed by atoms with Crippen LogP contribution >= 0.6 is 0 Å². The molecule has 0 aromatic rings. The first-order chi connectivity index (χ1) is 9.40. The van der Waals surface area contributed by atoms with Crippen LogP contribution in [0.4, 0.5) is 0 Å². The lowest BCUT2D eigenvalue weighted by molar-refractivity contribution is -0.141. The van der Waals surface area contributed by atoms with Gasteiger partial charge in [0.15, 0.2) is 0 Å². The third-order valence-electron chi connectivity index (χ3n) is 3.21. The third-order valence-corrected chi connectivity index (χ3v) is 3.99. The first-order valence-electron chi connectivity index (χ1n) is 6.91. The SMILES string of the molecule is C/C=C/C(=O)OC(CNC1CCCCC1)CS(=O)(=O)[O-]. The Morgan fingerprint density at radius 2 is 2.05 bits per heavy atom. The van der Waals surface area contributed by atoms with Gasteiger partial charge >= 0.3 is 5.97 Å². The van der Waals surface area contributed by atoms with Gasteiger partial charge in [0.25, 0.3) is 0 Å². The van der Waals surface area contributed by atoms with E-state index in [4.69, 9.17) is 4.74 Å². The molecule has 1 fully saturated rings. The van der Waals surface area contributed by atoms with E-state index in [9.17, 15) is 17.8 Å². The van der Waals surface area contributed by atoms with Gasteiger partial charge in [-0.1, -0.05) is 25.3 Å². The van der Waals surface area contributed by atoms with E-state index < -0.39 is 27.9 Å². The second-order valence-electron chi connectivity index (χ2n) is 5.03. The van der Waals surface area contributed by atoms with Crippen LogP contribution in [0.15, 0.2) is 12.2 Å². The Bertz CT molecular complexity index is 426. The van der Waals surface area contributed by atoms with Gasteiger partial charge in [0, 0.05) is 18.7 Å². The van der Waals surface area contributed by atoms with Gasteiger partial charge in [0.2, 0.25) is 0 Å². The molecule has 0 heterocycles. The van der Waals surface area contributed by atoms with Crippen molar-refractivity contribution in [3.8, 4) is 0 Å². The predicted octanol–water partition coefficient (Wildman–Crippen LogP) is 0.942. The molecule has 1 unspecified atom stereocenters. The largest absolute Gasteiger partial charge is 0.748 e. The summed E-state index contributed by atoms with van der Waals surface area (Å²) in [5, 5.41) is 3.19. The van der Waals surface area contributed by atoms with Gasteiger partial charge in [-0.2, -0.15) is 0 Å². The second kappa shape index (κ2) is 8.39. The summed E-state index contributed by atoms with van der Waals surface area (Å²) in [7, 11) is -4.43. The van der Waals surface area contributed by atoms with E-state index in [-0.39, 0.29) is 6.54 Å². The Balaban J connectivity index is 2.50. The summed E-state index contributed by atoms with van der Waals surface area (Å²) in [6, 6.07) is 0.307. The summed E-state index contributed by atoms with van der Waals surface area (Å²) in [6.45, 7) is 1.84. The lowest BCUT2D eigenvalue weighted by atomic mass is 9.95. The molecule has 0 aromatic carbocycles. The number of carbonyl (C=O) groups excluding carboxylic acids is 1. The van der Waals surface area contributed by atoms with Crippen LogP contribution < -0.4 is 5.32 Å². The fourth-order valence-corrected chi connectivity index (χ4v) is 2.95. The summed E-state index contributed by atoms with van der Waals surface area (Å²) < 4.78 is 37.5. The Kier molecular flexibility index (Phi) is 7.18. The summed E-state index contributed by atoms with van der Waals surface area (Å²) in [5.41, 5.74) is 0. The maximum Gasteiger partial charge on any atom is 0.330 e. The topological polar surface area (TPSA) is 95.5 Å². The molecule has 1 aliphatic rings. The van der Waals surface area contributed by atoms with Crippen LogP contribution in [-0.4, -0.2) is 43.4 Å². The molecular formula is C13H22NO5S-. The minimum atomic E-state index is -4.43. The lowest BCUT2D eigenvalue weighted by Gasteiger charge is -2.26. The van der Waals surface area contributed by atoms with Gasteiger partial charge < -0.3 is 14.6 Å². The summed E-state index contributed by atoms with van der Waals surface area (Å²) >= 11 is 0. The molecule has 0 aromatic heterocycles. The van der Waals surface area contributed by atoms with Crippen LogP contribution in [0.25, 0.3) is 0 Å². The van der Waals surface area contributed by atoms with E-state index in [0.717, 1.165) is 25.7 Å². The molecule has 0 aliphatic heterocycles. The van der Waals surface area contributed by atoms with E-state index in [0.29, 0.717) is 6.04 Å². The quantitative estimate of drug-likeness (QED) is 0.427. The Morgan fingerprint density at radius 3 is 2.60 bits per heavy atom. The Hall–Kier alpha value is -0.920. The van der Waals surface area contributed by atoms with Crippen LogP contribution in [0, 0.1) is 0 Å². The summed E-state index contributed by atoms with van der Waals surface area (Å²) in [6.07, 6.45) is 7.31. The molecule has 0 saturated heterocycles.